The Morgan fingerprint density at radius 1 is 1.29 bits per heavy atom. The van der Waals surface area contributed by atoms with Crippen molar-refractivity contribution in [2.75, 3.05) is 13.6 Å². The Kier molecular flexibility index (Phi) is 8.60. The topological polar surface area (TPSA) is 46.3 Å². The normalized spacial score (nSPS) is 12.0. The number of halogens is 1. The van der Waals surface area contributed by atoms with Crippen LogP contribution < -0.4 is 5.73 Å². The molecule has 0 aliphatic heterocycles. The van der Waals surface area contributed by atoms with Gasteiger partial charge in [0, 0.05) is 19.6 Å². The highest BCUT2D eigenvalue weighted by Gasteiger charge is 2.14. The molecule has 21 heavy (non-hydrogen) atoms. The van der Waals surface area contributed by atoms with Crippen molar-refractivity contribution in [1.29, 1.82) is 0 Å². The molecule has 4 heteroatoms. The lowest BCUT2D eigenvalue weighted by molar-refractivity contribution is -0.129. The second-order valence-corrected chi connectivity index (χ2v) is 6.12. The average molecular weight is 313 g/mol. The summed E-state index contributed by atoms with van der Waals surface area (Å²) in [5, 5.41) is 0. The van der Waals surface area contributed by atoms with Gasteiger partial charge in [0.1, 0.15) is 0 Å². The molecular formula is C17H29ClN2O. The van der Waals surface area contributed by atoms with Crippen molar-refractivity contribution in [1.82, 2.24) is 4.90 Å². The van der Waals surface area contributed by atoms with Gasteiger partial charge >= 0.3 is 0 Å². The van der Waals surface area contributed by atoms with E-state index in [0.717, 1.165) is 18.5 Å². The first kappa shape index (κ1) is 19.9. The van der Waals surface area contributed by atoms with Gasteiger partial charge in [-0.1, -0.05) is 37.6 Å². The summed E-state index contributed by atoms with van der Waals surface area (Å²) in [5.41, 5.74) is 9.52. The van der Waals surface area contributed by atoms with Crippen molar-refractivity contribution >= 4 is 18.3 Å². The SMILES string of the molecule is Cc1ccc(C)c(CC(=O)N(C)CCC(N)C(C)C)c1.Cl. The van der Waals surface area contributed by atoms with Crippen LogP contribution in [0, 0.1) is 19.8 Å². The van der Waals surface area contributed by atoms with E-state index in [1.165, 1.54) is 11.1 Å². The first-order valence-electron chi connectivity index (χ1n) is 7.37. The fourth-order valence-corrected chi connectivity index (χ4v) is 2.09. The second-order valence-electron chi connectivity index (χ2n) is 6.12. The number of amides is 1. The molecule has 0 fully saturated rings. The molecule has 0 spiro atoms. The largest absolute Gasteiger partial charge is 0.345 e. The monoisotopic (exact) mass is 312 g/mol. The number of aryl methyl sites for hydroxylation is 2. The van der Waals surface area contributed by atoms with Gasteiger partial charge in [-0.2, -0.15) is 0 Å². The molecule has 0 saturated heterocycles. The molecule has 0 aliphatic rings. The molecule has 1 aromatic carbocycles. The summed E-state index contributed by atoms with van der Waals surface area (Å²) in [6, 6.07) is 6.41. The first-order valence-corrected chi connectivity index (χ1v) is 7.37. The quantitative estimate of drug-likeness (QED) is 0.877. The Labute approximate surface area is 135 Å². The van der Waals surface area contributed by atoms with Crippen molar-refractivity contribution in [2.45, 2.75) is 46.6 Å². The van der Waals surface area contributed by atoms with E-state index in [9.17, 15) is 4.79 Å². The van der Waals surface area contributed by atoms with Crippen LogP contribution in [-0.2, 0) is 11.2 Å². The minimum Gasteiger partial charge on any atom is -0.345 e. The third kappa shape index (κ3) is 6.49. The number of carbonyl (C=O) groups excluding carboxylic acids is 1. The van der Waals surface area contributed by atoms with Gasteiger partial charge in [0.15, 0.2) is 0 Å². The van der Waals surface area contributed by atoms with E-state index in [-0.39, 0.29) is 24.4 Å². The van der Waals surface area contributed by atoms with Crippen molar-refractivity contribution in [3.8, 4) is 0 Å². The molecule has 1 atom stereocenters. The molecule has 1 aromatic rings. The van der Waals surface area contributed by atoms with E-state index < -0.39 is 0 Å². The van der Waals surface area contributed by atoms with Crippen LogP contribution >= 0.6 is 12.4 Å². The lowest BCUT2D eigenvalue weighted by Gasteiger charge is -2.22. The third-order valence-corrected chi connectivity index (χ3v) is 3.93. The predicted molar refractivity (Wildman–Crippen MR) is 91.9 cm³/mol. The molecule has 120 valence electrons. The Balaban J connectivity index is 0.00000400. The van der Waals surface area contributed by atoms with Crippen LogP contribution in [0.3, 0.4) is 0 Å². The van der Waals surface area contributed by atoms with E-state index in [1.54, 1.807) is 4.90 Å². The Morgan fingerprint density at radius 2 is 1.90 bits per heavy atom. The summed E-state index contributed by atoms with van der Waals surface area (Å²) < 4.78 is 0. The van der Waals surface area contributed by atoms with E-state index in [4.69, 9.17) is 5.73 Å². The molecular weight excluding hydrogens is 284 g/mol. The van der Waals surface area contributed by atoms with E-state index >= 15 is 0 Å². The highest BCUT2D eigenvalue weighted by molar-refractivity contribution is 5.85. The van der Waals surface area contributed by atoms with E-state index in [0.29, 0.717) is 12.3 Å². The van der Waals surface area contributed by atoms with Crippen LogP contribution in [0.15, 0.2) is 18.2 Å². The van der Waals surface area contributed by atoms with Gasteiger partial charge in [-0.05, 0) is 37.3 Å². The molecule has 2 N–H and O–H groups in total. The maximum absolute atomic E-state index is 12.2. The van der Waals surface area contributed by atoms with E-state index in [1.807, 2.05) is 7.05 Å². The number of hydrogen-bond acceptors (Lipinski definition) is 2. The second kappa shape index (κ2) is 9.06. The zero-order valence-electron chi connectivity index (χ0n) is 13.8. The number of nitrogens with two attached hydrogens (primary N) is 1. The summed E-state index contributed by atoms with van der Waals surface area (Å²) in [6.45, 7) is 9.06. The first-order chi connectivity index (χ1) is 9.31. The van der Waals surface area contributed by atoms with Gasteiger partial charge in [0.25, 0.3) is 0 Å². The molecule has 1 unspecified atom stereocenters. The molecule has 1 rings (SSSR count). The van der Waals surface area contributed by atoms with Crippen LogP contribution in [-0.4, -0.2) is 30.4 Å². The van der Waals surface area contributed by atoms with Crippen molar-refractivity contribution in [3.63, 3.8) is 0 Å². The molecule has 3 nitrogen and oxygen atoms in total. The number of likely N-dealkylation sites (N-methyl/N-ethyl adjacent to an activating group) is 1. The summed E-state index contributed by atoms with van der Waals surface area (Å²) in [7, 11) is 1.86. The maximum Gasteiger partial charge on any atom is 0.226 e. The zero-order chi connectivity index (χ0) is 15.3. The summed E-state index contributed by atoms with van der Waals surface area (Å²) in [6.07, 6.45) is 1.33. The summed E-state index contributed by atoms with van der Waals surface area (Å²) in [5.74, 6) is 0.618. The molecule has 0 saturated carbocycles. The van der Waals surface area contributed by atoms with Crippen molar-refractivity contribution in [3.05, 3.63) is 34.9 Å². The molecule has 0 radical (unpaired) electrons. The maximum atomic E-state index is 12.2. The van der Waals surface area contributed by atoms with Gasteiger partial charge in [-0.15, -0.1) is 12.4 Å². The fourth-order valence-electron chi connectivity index (χ4n) is 2.09. The standard InChI is InChI=1S/C17H28N2O.ClH/c1-12(2)16(18)8-9-19(5)17(20)11-15-10-13(3)6-7-14(15)4;/h6-7,10,12,16H,8-9,11,18H2,1-5H3;1H. The van der Waals surface area contributed by atoms with Crippen LogP contribution in [0.1, 0.15) is 37.0 Å². The van der Waals surface area contributed by atoms with Crippen LogP contribution in [0.25, 0.3) is 0 Å². The Bertz CT molecular complexity index is 460. The Hall–Kier alpha value is -1.06. The number of benzene rings is 1. The van der Waals surface area contributed by atoms with Gasteiger partial charge in [-0.25, -0.2) is 0 Å². The minimum atomic E-state index is 0. The number of hydrogen-bond donors (Lipinski definition) is 1. The molecule has 0 aliphatic carbocycles. The zero-order valence-corrected chi connectivity index (χ0v) is 14.7. The number of rotatable bonds is 6. The van der Waals surface area contributed by atoms with Crippen molar-refractivity contribution in [2.24, 2.45) is 11.7 Å². The lowest BCUT2D eigenvalue weighted by Crippen LogP contribution is -2.35. The third-order valence-electron chi connectivity index (χ3n) is 3.93. The highest BCUT2D eigenvalue weighted by atomic mass is 35.5. The van der Waals surface area contributed by atoms with E-state index in [2.05, 4.69) is 45.9 Å². The fraction of sp³-hybridized carbons (Fsp3) is 0.588. The van der Waals surface area contributed by atoms with Crippen LogP contribution in [0.4, 0.5) is 0 Å². The summed E-state index contributed by atoms with van der Waals surface area (Å²) >= 11 is 0. The van der Waals surface area contributed by atoms with Gasteiger partial charge in [0.2, 0.25) is 5.91 Å². The van der Waals surface area contributed by atoms with Crippen molar-refractivity contribution < 1.29 is 4.79 Å². The predicted octanol–water partition coefficient (Wildman–Crippen LogP) is 3.10. The van der Waals surface area contributed by atoms with Crippen LogP contribution in [0.2, 0.25) is 0 Å². The van der Waals surface area contributed by atoms with Gasteiger partial charge < -0.3 is 10.6 Å². The molecule has 0 heterocycles. The smallest absolute Gasteiger partial charge is 0.226 e. The van der Waals surface area contributed by atoms with Gasteiger partial charge in [0.05, 0.1) is 6.42 Å². The van der Waals surface area contributed by atoms with Gasteiger partial charge in [-0.3, -0.25) is 4.79 Å². The molecule has 0 aromatic heterocycles. The minimum absolute atomic E-state index is 0. The lowest BCUT2D eigenvalue weighted by atomic mass is 10.0. The van der Waals surface area contributed by atoms with Crippen LogP contribution in [0.5, 0.6) is 0 Å². The number of carbonyl (C=O) groups is 1. The molecule has 1 amide bonds. The molecule has 0 bridgehead atoms. The Morgan fingerprint density at radius 3 is 2.48 bits per heavy atom. The summed E-state index contributed by atoms with van der Waals surface area (Å²) in [4.78, 5) is 14.0. The number of nitrogens with zero attached hydrogens (tertiary/aromatic N) is 1. The average Bonchev–Trinajstić information content (AvgIpc) is 2.39. The highest BCUT2D eigenvalue weighted by Crippen LogP contribution is 2.12.